The molecule has 0 aromatic rings. The molecule has 16 heavy (non-hydrogen) atoms. The first-order valence-corrected chi connectivity index (χ1v) is 5.22. The minimum absolute atomic E-state index is 0.0543. The molecule has 4 nitrogen and oxygen atoms in total. The molecule has 1 rings (SSSR count). The van der Waals surface area contributed by atoms with Crippen molar-refractivity contribution in [1.29, 1.82) is 0 Å². The van der Waals surface area contributed by atoms with Crippen LogP contribution in [0.5, 0.6) is 0 Å². The van der Waals surface area contributed by atoms with Gasteiger partial charge in [-0.25, -0.2) is 0 Å². The second-order valence-electron chi connectivity index (χ2n) is 3.94. The summed E-state index contributed by atoms with van der Waals surface area (Å²) in [5.41, 5.74) is 5.46. The first kappa shape index (κ1) is 13.1. The van der Waals surface area contributed by atoms with Crippen LogP contribution in [-0.4, -0.2) is 41.3 Å². The van der Waals surface area contributed by atoms with Gasteiger partial charge in [0.25, 0.3) is 0 Å². The van der Waals surface area contributed by atoms with Crippen molar-refractivity contribution < 1.29 is 18.4 Å². The number of alkyl halides is 3. The molecule has 1 heterocycles. The first-order chi connectivity index (χ1) is 7.44. The van der Waals surface area contributed by atoms with Gasteiger partial charge in [-0.1, -0.05) is 5.16 Å². The van der Waals surface area contributed by atoms with E-state index in [0.717, 1.165) is 12.8 Å². The number of hydrogen-bond donors (Lipinski definition) is 2. The van der Waals surface area contributed by atoms with Gasteiger partial charge in [0, 0.05) is 6.42 Å². The molecule has 0 aliphatic carbocycles. The Hall–Kier alpha value is -0.980. The number of likely N-dealkylation sites (tertiary alicyclic amines) is 1. The third-order valence-corrected chi connectivity index (χ3v) is 2.73. The molecule has 1 aliphatic rings. The Bertz CT molecular complexity index is 255. The van der Waals surface area contributed by atoms with E-state index in [2.05, 4.69) is 5.16 Å². The summed E-state index contributed by atoms with van der Waals surface area (Å²) in [5, 5.41) is 11.4. The topological polar surface area (TPSA) is 61.9 Å². The van der Waals surface area contributed by atoms with Crippen molar-refractivity contribution in [2.45, 2.75) is 37.9 Å². The van der Waals surface area contributed by atoms with Crippen LogP contribution < -0.4 is 5.73 Å². The number of nitrogens with two attached hydrogens (primary N) is 1. The van der Waals surface area contributed by atoms with E-state index in [9.17, 15) is 13.2 Å². The van der Waals surface area contributed by atoms with E-state index in [1.807, 2.05) is 4.90 Å². The monoisotopic (exact) mass is 239 g/mol. The van der Waals surface area contributed by atoms with Gasteiger partial charge in [0.05, 0.1) is 6.04 Å². The van der Waals surface area contributed by atoms with E-state index in [-0.39, 0.29) is 18.3 Å². The molecular formula is C9H16F3N3O. The Morgan fingerprint density at radius 3 is 2.75 bits per heavy atom. The predicted molar refractivity (Wildman–Crippen MR) is 53.3 cm³/mol. The van der Waals surface area contributed by atoms with Crippen LogP contribution in [0.15, 0.2) is 5.16 Å². The van der Waals surface area contributed by atoms with E-state index in [1.165, 1.54) is 0 Å². The molecule has 94 valence electrons. The molecule has 0 bridgehead atoms. The maximum atomic E-state index is 11.9. The summed E-state index contributed by atoms with van der Waals surface area (Å²) in [6.07, 6.45) is -3.23. The fourth-order valence-electron chi connectivity index (χ4n) is 1.98. The lowest BCUT2D eigenvalue weighted by molar-refractivity contribution is -0.136. The number of rotatable bonds is 4. The molecule has 0 aromatic heterocycles. The molecular weight excluding hydrogens is 223 g/mol. The molecule has 7 heteroatoms. The maximum Gasteiger partial charge on any atom is 0.389 e. The minimum atomic E-state index is -4.11. The minimum Gasteiger partial charge on any atom is -0.409 e. The van der Waals surface area contributed by atoms with Gasteiger partial charge in [-0.15, -0.1) is 0 Å². The van der Waals surface area contributed by atoms with Gasteiger partial charge in [-0.05, 0) is 32.4 Å². The van der Waals surface area contributed by atoms with E-state index < -0.39 is 12.6 Å². The van der Waals surface area contributed by atoms with Crippen LogP contribution >= 0.6 is 0 Å². The highest BCUT2D eigenvalue weighted by molar-refractivity contribution is 5.85. The summed E-state index contributed by atoms with van der Waals surface area (Å²) in [7, 11) is 0. The molecule has 0 aromatic carbocycles. The molecule has 0 saturated carbocycles. The fourth-order valence-corrected chi connectivity index (χ4v) is 1.98. The van der Waals surface area contributed by atoms with Crippen LogP contribution in [0.4, 0.5) is 13.2 Å². The largest absolute Gasteiger partial charge is 0.409 e. The van der Waals surface area contributed by atoms with Crippen molar-refractivity contribution in [3.05, 3.63) is 0 Å². The second kappa shape index (κ2) is 5.38. The molecule has 1 fully saturated rings. The van der Waals surface area contributed by atoms with Crippen LogP contribution in [-0.2, 0) is 0 Å². The summed E-state index contributed by atoms with van der Waals surface area (Å²) >= 11 is 0. The summed E-state index contributed by atoms with van der Waals surface area (Å²) in [4.78, 5) is 1.83. The summed E-state index contributed by atoms with van der Waals surface area (Å²) in [5.74, 6) is 0.0875. The lowest BCUT2D eigenvalue weighted by Crippen LogP contribution is -2.41. The predicted octanol–water partition coefficient (Wildman–Crippen LogP) is 1.54. The van der Waals surface area contributed by atoms with E-state index in [1.54, 1.807) is 0 Å². The van der Waals surface area contributed by atoms with Crippen LogP contribution in [0, 0.1) is 0 Å². The van der Waals surface area contributed by atoms with Gasteiger partial charge in [0.1, 0.15) is 0 Å². The van der Waals surface area contributed by atoms with Crippen LogP contribution in [0.1, 0.15) is 25.7 Å². The van der Waals surface area contributed by atoms with Crippen LogP contribution in [0.3, 0.4) is 0 Å². The Morgan fingerprint density at radius 1 is 1.50 bits per heavy atom. The summed E-state index contributed by atoms with van der Waals surface area (Å²) < 4.78 is 35.8. The van der Waals surface area contributed by atoms with Crippen LogP contribution in [0.25, 0.3) is 0 Å². The van der Waals surface area contributed by atoms with E-state index in [0.29, 0.717) is 13.1 Å². The van der Waals surface area contributed by atoms with Crippen molar-refractivity contribution in [3.8, 4) is 0 Å². The van der Waals surface area contributed by atoms with Crippen LogP contribution in [0.2, 0.25) is 0 Å². The quantitative estimate of drug-likeness (QED) is 0.338. The molecule has 1 saturated heterocycles. The average Bonchev–Trinajstić information content (AvgIpc) is 2.63. The number of oxime groups is 1. The van der Waals surface area contributed by atoms with Crippen molar-refractivity contribution in [2.24, 2.45) is 10.9 Å². The highest BCUT2D eigenvalue weighted by Crippen LogP contribution is 2.23. The van der Waals surface area contributed by atoms with Gasteiger partial charge in [0.15, 0.2) is 5.84 Å². The normalized spacial score (nSPS) is 23.9. The number of halogens is 3. The third-order valence-electron chi connectivity index (χ3n) is 2.73. The number of nitrogens with zero attached hydrogens (tertiary/aromatic N) is 2. The molecule has 1 unspecified atom stereocenters. The van der Waals surface area contributed by atoms with E-state index >= 15 is 0 Å². The zero-order chi connectivity index (χ0) is 12.2. The Labute approximate surface area is 91.9 Å². The maximum absolute atomic E-state index is 11.9. The SMILES string of the molecule is NC(=NO)C1CCCN1CCCC(F)(F)F. The van der Waals surface area contributed by atoms with Gasteiger partial charge in [0.2, 0.25) is 0 Å². The van der Waals surface area contributed by atoms with Gasteiger partial charge in [-0.2, -0.15) is 13.2 Å². The highest BCUT2D eigenvalue weighted by atomic mass is 19.4. The number of hydrogen-bond acceptors (Lipinski definition) is 3. The molecule has 1 atom stereocenters. The van der Waals surface area contributed by atoms with Crippen molar-refractivity contribution in [2.75, 3.05) is 13.1 Å². The van der Waals surface area contributed by atoms with Gasteiger partial charge < -0.3 is 10.9 Å². The zero-order valence-corrected chi connectivity index (χ0v) is 8.87. The zero-order valence-electron chi connectivity index (χ0n) is 8.87. The lowest BCUT2D eigenvalue weighted by Gasteiger charge is -2.23. The summed E-state index contributed by atoms with van der Waals surface area (Å²) in [6.45, 7) is 1.04. The molecule has 0 radical (unpaired) electrons. The highest BCUT2D eigenvalue weighted by Gasteiger charge is 2.30. The Balaban J connectivity index is 2.36. The summed E-state index contributed by atoms with van der Waals surface area (Å²) in [6, 6.07) is -0.210. The standard InChI is InChI=1S/C9H16F3N3O/c10-9(11,12)4-2-6-15-5-1-3-7(15)8(13)14-16/h7,16H,1-6H2,(H2,13,14). The van der Waals surface area contributed by atoms with E-state index in [4.69, 9.17) is 10.9 Å². The molecule has 0 spiro atoms. The average molecular weight is 239 g/mol. The lowest BCUT2D eigenvalue weighted by atomic mass is 10.2. The van der Waals surface area contributed by atoms with Crippen molar-refractivity contribution in [3.63, 3.8) is 0 Å². The molecule has 3 N–H and O–H groups in total. The molecule has 0 amide bonds. The Morgan fingerprint density at radius 2 is 2.19 bits per heavy atom. The Kier molecular flexibility index (Phi) is 4.40. The van der Waals surface area contributed by atoms with Gasteiger partial charge in [-0.3, -0.25) is 4.90 Å². The smallest absolute Gasteiger partial charge is 0.389 e. The number of amidine groups is 1. The fraction of sp³-hybridized carbons (Fsp3) is 0.889. The van der Waals surface area contributed by atoms with Crippen molar-refractivity contribution >= 4 is 5.84 Å². The van der Waals surface area contributed by atoms with Gasteiger partial charge >= 0.3 is 6.18 Å². The first-order valence-electron chi connectivity index (χ1n) is 5.22. The third kappa shape index (κ3) is 3.88. The van der Waals surface area contributed by atoms with Crippen molar-refractivity contribution in [1.82, 2.24) is 4.90 Å². The second-order valence-corrected chi connectivity index (χ2v) is 3.94. The molecule has 1 aliphatic heterocycles.